The summed E-state index contributed by atoms with van der Waals surface area (Å²) in [7, 11) is 0. The van der Waals surface area contributed by atoms with Crippen LogP contribution in [0, 0.1) is 0 Å². The van der Waals surface area contributed by atoms with Gasteiger partial charge in [0.25, 0.3) is 0 Å². The van der Waals surface area contributed by atoms with Crippen LogP contribution < -0.4 is 5.32 Å². The van der Waals surface area contributed by atoms with E-state index in [0.717, 1.165) is 5.69 Å². The van der Waals surface area contributed by atoms with Gasteiger partial charge in [-0.2, -0.15) is 4.98 Å². The Kier molecular flexibility index (Phi) is 3.20. The molecule has 0 bridgehead atoms. The largest absolute Gasteiger partial charge is 0.461 e. The van der Waals surface area contributed by atoms with E-state index in [0.29, 0.717) is 29.0 Å². The van der Waals surface area contributed by atoms with E-state index in [4.69, 9.17) is 20.5 Å². The summed E-state index contributed by atoms with van der Waals surface area (Å²) < 4.78 is 10.3. The van der Waals surface area contributed by atoms with Gasteiger partial charge in [0.1, 0.15) is 0 Å². The van der Waals surface area contributed by atoms with Crippen LogP contribution in [0.15, 0.2) is 51.6 Å². The van der Waals surface area contributed by atoms with E-state index in [2.05, 4.69) is 15.5 Å². The summed E-state index contributed by atoms with van der Waals surface area (Å²) in [5.74, 6) is 1.50. The van der Waals surface area contributed by atoms with Crippen molar-refractivity contribution in [2.75, 3.05) is 5.32 Å². The molecule has 6 heteroatoms. The first-order valence-electron chi connectivity index (χ1n) is 5.67. The molecule has 0 amide bonds. The van der Waals surface area contributed by atoms with Gasteiger partial charge in [-0.3, -0.25) is 0 Å². The molecule has 0 unspecified atom stereocenters. The molecule has 19 heavy (non-hydrogen) atoms. The molecule has 1 aromatic carbocycles. The SMILES string of the molecule is Clc1cccc(NCc2nc(-c3ccco3)no2)c1. The third-order valence-corrected chi connectivity index (χ3v) is 2.71. The zero-order valence-corrected chi connectivity index (χ0v) is 10.6. The monoisotopic (exact) mass is 275 g/mol. The molecule has 0 fully saturated rings. The van der Waals surface area contributed by atoms with Crippen molar-refractivity contribution in [3.05, 3.63) is 53.6 Å². The molecule has 1 N–H and O–H groups in total. The predicted octanol–water partition coefficient (Wildman–Crippen LogP) is 3.60. The number of rotatable bonds is 4. The second-order valence-electron chi connectivity index (χ2n) is 3.85. The van der Waals surface area contributed by atoms with Crippen molar-refractivity contribution >= 4 is 17.3 Å². The quantitative estimate of drug-likeness (QED) is 0.788. The van der Waals surface area contributed by atoms with Crippen molar-refractivity contribution in [2.45, 2.75) is 6.54 Å². The molecule has 5 nitrogen and oxygen atoms in total. The van der Waals surface area contributed by atoms with Crippen molar-refractivity contribution in [1.82, 2.24) is 10.1 Å². The van der Waals surface area contributed by atoms with Gasteiger partial charge in [0, 0.05) is 10.7 Å². The van der Waals surface area contributed by atoms with E-state index >= 15 is 0 Å². The van der Waals surface area contributed by atoms with Crippen LogP contribution in [0.3, 0.4) is 0 Å². The van der Waals surface area contributed by atoms with Gasteiger partial charge in [0.15, 0.2) is 5.76 Å². The minimum Gasteiger partial charge on any atom is -0.461 e. The molecule has 0 atom stereocenters. The molecule has 0 spiro atoms. The van der Waals surface area contributed by atoms with Crippen molar-refractivity contribution in [1.29, 1.82) is 0 Å². The second kappa shape index (κ2) is 5.16. The Morgan fingerprint density at radius 2 is 2.16 bits per heavy atom. The first kappa shape index (κ1) is 11.8. The zero-order chi connectivity index (χ0) is 13.1. The lowest BCUT2D eigenvalue weighted by molar-refractivity contribution is 0.382. The number of nitrogens with zero attached hydrogens (tertiary/aromatic N) is 2. The lowest BCUT2D eigenvalue weighted by Gasteiger charge is -2.02. The van der Waals surface area contributed by atoms with E-state index in [-0.39, 0.29) is 0 Å². The number of nitrogens with one attached hydrogen (secondary N) is 1. The molecule has 0 saturated carbocycles. The van der Waals surface area contributed by atoms with Gasteiger partial charge in [-0.05, 0) is 30.3 Å². The molecule has 2 heterocycles. The maximum atomic E-state index is 5.89. The lowest BCUT2D eigenvalue weighted by Crippen LogP contribution is -1.99. The maximum Gasteiger partial charge on any atom is 0.246 e. The minimum atomic E-state index is 0.425. The normalized spacial score (nSPS) is 10.6. The van der Waals surface area contributed by atoms with Gasteiger partial charge >= 0.3 is 0 Å². The van der Waals surface area contributed by atoms with Crippen molar-refractivity contribution < 1.29 is 8.94 Å². The number of aromatic nitrogens is 2. The van der Waals surface area contributed by atoms with Gasteiger partial charge in [-0.25, -0.2) is 0 Å². The summed E-state index contributed by atoms with van der Waals surface area (Å²) in [5.41, 5.74) is 0.894. The number of anilines is 1. The van der Waals surface area contributed by atoms with Crippen LogP contribution in [-0.2, 0) is 6.54 Å². The van der Waals surface area contributed by atoms with Crippen LogP contribution in [-0.4, -0.2) is 10.1 Å². The van der Waals surface area contributed by atoms with E-state index in [9.17, 15) is 0 Å². The number of hydrogen-bond acceptors (Lipinski definition) is 5. The minimum absolute atomic E-state index is 0.425. The smallest absolute Gasteiger partial charge is 0.246 e. The highest BCUT2D eigenvalue weighted by Crippen LogP contribution is 2.18. The van der Waals surface area contributed by atoms with Crippen LogP contribution in [0.25, 0.3) is 11.6 Å². The van der Waals surface area contributed by atoms with E-state index in [1.165, 1.54) is 0 Å². The molecular weight excluding hydrogens is 266 g/mol. The molecule has 0 aliphatic heterocycles. The Bertz CT molecular complexity index is 664. The van der Waals surface area contributed by atoms with Crippen molar-refractivity contribution in [3.8, 4) is 11.6 Å². The summed E-state index contributed by atoms with van der Waals surface area (Å²) in [6.45, 7) is 0.425. The first-order chi connectivity index (χ1) is 9.31. The molecule has 3 aromatic rings. The third-order valence-electron chi connectivity index (χ3n) is 2.48. The molecule has 3 rings (SSSR count). The fourth-order valence-corrected chi connectivity index (χ4v) is 1.80. The Hall–Kier alpha value is -2.27. The third kappa shape index (κ3) is 2.77. The summed E-state index contributed by atoms with van der Waals surface area (Å²) in [4.78, 5) is 4.22. The Morgan fingerprint density at radius 3 is 2.95 bits per heavy atom. The highest BCUT2D eigenvalue weighted by molar-refractivity contribution is 6.30. The fourth-order valence-electron chi connectivity index (χ4n) is 1.61. The predicted molar refractivity (Wildman–Crippen MR) is 70.8 cm³/mol. The first-order valence-corrected chi connectivity index (χ1v) is 6.05. The Labute approximate surface area is 114 Å². The van der Waals surface area contributed by atoms with Crippen LogP contribution in [0.4, 0.5) is 5.69 Å². The second-order valence-corrected chi connectivity index (χ2v) is 4.29. The molecule has 2 aromatic heterocycles. The molecule has 0 aliphatic rings. The van der Waals surface area contributed by atoms with E-state index in [1.54, 1.807) is 18.4 Å². The molecular formula is C13H10ClN3O2. The summed E-state index contributed by atoms with van der Waals surface area (Å²) in [6, 6.07) is 11.0. The van der Waals surface area contributed by atoms with Gasteiger partial charge in [0.2, 0.25) is 11.7 Å². The van der Waals surface area contributed by atoms with Crippen molar-refractivity contribution in [2.24, 2.45) is 0 Å². The molecule has 0 saturated heterocycles. The van der Waals surface area contributed by atoms with Gasteiger partial charge < -0.3 is 14.3 Å². The highest BCUT2D eigenvalue weighted by atomic mass is 35.5. The highest BCUT2D eigenvalue weighted by Gasteiger charge is 2.10. The van der Waals surface area contributed by atoms with Crippen LogP contribution in [0.1, 0.15) is 5.89 Å². The standard InChI is InChI=1S/C13H10ClN3O2/c14-9-3-1-4-10(7-9)15-8-12-16-13(17-19-12)11-5-2-6-18-11/h1-7,15H,8H2. The summed E-state index contributed by atoms with van der Waals surface area (Å²) in [6.07, 6.45) is 1.57. The number of benzene rings is 1. The number of halogens is 1. The van der Waals surface area contributed by atoms with Crippen LogP contribution >= 0.6 is 11.6 Å². The lowest BCUT2D eigenvalue weighted by atomic mass is 10.3. The number of furan rings is 1. The summed E-state index contributed by atoms with van der Waals surface area (Å²) >= 11 is 5.89. The van der Waals surface area contributed by atoms with E-state index < -0.39 is 0 Å². The Morgan fingerprint density at radius 1 is 1.21 bits per heavy atom. The van der Waals surface area contributed by atoms with Crippen LogP contribution in [0.2, 0.25) is 5.02 Å². The average Bonchev–Trinajstić information content (AvgIpc) is 3.07. The maximum absolute atomic E-state index is 5.89. The van der Waals surface area contributed by atoms with E-state index in [1.807, 2.05) is 24.3 Å². The number of hydrogen-bond donors (Lipinski definition) is 1. The van der Waals surface area contributed by atoms with Gasteiger partial charge in [0.05, 0.1) is 12.8 Å². The average molecular weight is 276 g/mol. The van der Waals surface area contributed by atoms with Crippen LogP contribution in [0.5, 0.6) is 0 Å². The Balaban J connectivity index is 1.68. The van der Waals surface area contributed by atoms with Gasteiger partial charge in [-0.1, -0.05) is 22.8 Å². The fraction of sp³-hybridized carbons (Fsp3) is 0.0769. The topological polar surface area (TPSA) is 64.1 Å². The zero-order valence-electron chi connectivity index (χ0n) is 9.84. The summed E-state index contributed by atoms with van der Waals surface area (Å²) in [5, 5.41) is 7.66. The molecule has 96 valence electrons. The molecule has 0 aliphatic carbocycles. The van der Waals surface area contributed by atoms with Gasteiger partial charge in [-0.15, -0.1) is 0 Å². The molecule has 0 radical (unpaired) electrons. The van der Waals surface area contributed by atoms with Crippen molar-refractivity contribution in [3.63, 3.8) is 0 Å².